The van der Waals surface area contributed by atoms with Crippen LogP contribution >= 0.6 is 11.8 Å². The number of ketones is 1. The topological polar surface area (TPSA) is 20.3 Å². The summed E-state index contributed by atoms with van der Waals surface area (Å²) in [4.78, 5) is 15.0. The lowest BCUT2D eigenvalue weighted by Crippen LogP contribution is -2.16. The normalized spacial score (nSPS) is 16.3. The number of nitrogens with zero attached hydrogens (tertiary/aromatic N) is 1. The molecule has 3 rings (SSSR count). The quantitative estimate of drug-likeness (QED) is 0.738. The van der Waals surface area contributed by atoms with Crippen LogP contribution < -0.4 is 0 Å². The Morgan fingerprint density at radius 1 is 1.00 bits per heavy atom. The summed E-state index contributed by atoms with van der Waals surface area (Å²) in [7, 11) is 0. The van der Waals surface area contributed by atoms with Crippen molar-refractivity contribution in [1.29, 1.82) is 0 Å². The van der Waals surface area contributed by atoms with Gasteiger partial charge in [0.15, 0.2) is 5.78 Å². The molecule has 0 spiro atoms. The van der Waals surface area contributed by atoms with Crippen LogP contribution in [0.3, 0.4) is 0 Å². The summed E-state index contributed by atoms with van der Waals surface area (Å²) >= 11 is 1.67. The van der Waals surface area contributed by atoms with Crippen LogP contribution in [-0.4, -0.2) is 17.2 Å². The Morgan fingerprint density at radius 3 is 2.09 bits per heavy atom. The second-order valence-corrected chi connectivity index (χ2v) is 6.38. The number of benzene rings is 2. The van der Waals surface area contributed by atoms with E-state index < -0.39 is 0 Å². The first-order valence-corrected chi connectivity index (χ1v) is 8.55. The van der Waals surface area contributed by atoms with Gasteiger partial charge < -0.3 is 4.90 Å². The van der Waals surface area contributed by atoms with Crippen LogP contribution in [-0.2, 0) is 4.79 Å². The molecule has 1 heterocycles. The molecule has 0 atom stereocenters. The van der Waals surface area contributed by atoms with E-state index in [0.29, 0.717) is 0 Å². The Hall–Kier alpha value is -2.26. The van der Waals surface area contributed by atoms with E-state index in [9.17, 15) is 4.79 Å². The molecule has 116 valence electrons. The average molecular weight is 321 g/mol. The molecule has 23 heavy (non-hydrogen) atoms. The molecule has 2 aromatic carbocycles. The minimum absolute atomic E-state index is 0.0765. The number of rotatable bonds is 4. The summed E-state index contributed by atoms with van der Waals surface area (Å²) in [5.74, 6) is 0.0765. The highest BCUT2D eigenvalue weighted by atomic mass is 32.2. The zero-order valence-electron chi connectivity index (χ0n) is 13.3. The number of thioether (sulfide) groups is 1. The highest BCUT2D eigenvalue weighted by Gasteiger charge is 2.29. The fourth-order valence-corrected chi connectivity index (χ4v) is 4.05. The Balaban J connectivity index is 2.18. The summed E-state index contributed by atoms with van der Waals surface area (Å²) in [5.41, 5.74) is 3.53. The van der Waals surface area contributed by atoms with Crippen LogP contribution in [0.4, 0.5) is 0 Å². The van der Waals surface area contributed by atoms with Crippen molar-refractivity contribution in [2.45, 2.75) is 13.8 Å². The summed E-state index contributed by atoms with van der Waals surface area (Å²) in [5, 5.41) is 0.998. The molecular weight excluding hydrogens is 302 g/mol. The zero-order valence-corrected chi connectivity index (χ0v) is 14.1. The molecule has 0 saturated heterocycles. The van der Waals surface area contributed by atoms with Crippen molar-refractivity contribution in [1.82, 2.24) is 4.90 Å². The molecule has 0 aromatic heterocycles. The molecule has 1 aliphatic rings. The molecular formula is C20H19NOS. The Kier molecular flexibility index (Phi) is 4.68. The number of hydrogen-bond donors (Lipinski definition) is 0. The monoisotopic (exact) mass is 321 g/mol. The smallest absolute Gasteiger partial charge is 0.155 e. The molecule has 0 radical (unpaired) electrons. The van der Waals surface area contributed by atoms with Gasteiger partial charge in [-0.1, -0.05) is 72.4 Å². The molecule has 0 unspecified atom stereocenters. The van der Waals surface area contributed by atoms with Gasteiger partial charge in [0.1, 0.15) is 0 Å². The molecule has 3 heteroatoms. The van der Waals surface area contributed by atoms with E-state index in [1.165, 1.54) is 21.7 Å². The Bertz CT molecular complexity index is 763. The van der Waals surface area contributed by atoms with E-state index in [4.69, 9.17) is 0 Å². The van der Waals surface area contributed by atoms with Crippen molar-refractivity contribution in [3.63, 3.8) is 0 Å². The zero-order chi connectivity index (χ0) is 16.2. The highest BCUT2D eigenvalue weighted by molar-refractivity contribution is 8.12. The fraction of sp³-hybridized carbons (Fsp3) is 0.150. The molecule has 0 amide bonds. The molecule has 0 bridgehead atoms. The van der Waals surface area contributed by atoms with Crippen molar-refractivity contribution >= 4 is 28.1 Å². The van der Waals surface area contributed by atoms with E-state index >= 15 is 0 Å². The maximum Gasteiger partial charge on any atom is 0.155 e. The van der Waals surface area contributed by atoms with Crippen LogP contribution in [0.25, 0.3) is 10.6 Å². The van der Waals surface area contributed by atoms with Crippen LogP contribution in [0, 0.1) is 0 Å². The maximum absolute atomic E-state index is 11.6. The van der Waals surface area contributed by atoms with Crippen LogP contribution in [0.1, 0.15) is 25.0 Å². The van der Waals surface area contributed by atoms with Gasteiger partial charge in [0.05, 0.1) is 10.7 Å². The standard InChI is InChI=1S/C20H19NOS/c1-3-21-18(14-15(2)22)23-20(17-12-8-5-9-13-17)19(21)16-10-6-4-7-11-16/h4-14H,3H2,1-2H3/b18-14-. The predicted octanol–water partition coefficient (Wildman–Crippen LogP) is 5.01. The number of carbonyl (C=O) groups is 1. The van der Waals surface area contributed by atoms with Crippen molar-refractivity contribution in [3.05, 3.63) is 82.9 Å². The van der Waals surface area contributed by atoms with Gasteiger partial charge in [-0.2, -0.15) is 0 Å². The maximum atomic E-state index is 11.6. The molecule has 0 aliphatic carbocycles. The van der Waals surface area contributed by atoms with Gasteiger partial charge in [-0.15, -0.1) is 0 Å². The van der Waals surface area contributed by atoms with Crippen molar-refractivity contribution in [2.24, 2.45) is 0 Å². The lowest BCUT2D eigenvalue weighted by atomic mass is 10.1. The van der Waals surface area contributed by atoms with Crippen molar-refractivity contribution < 1.29 is 4.79 Å². The predicted molar refractivity (Wildman–Crippen MR) is 98.4 cm³/mol. The lowest BCUT2D eigenvalue weighted by molar-refractivity contribution is -0.112. The van der Waals surface area contributed by atoms with Gasteiger partial charge in [-0.25, -0.2) is 0 Å². The largest absolute Gasteiger partial charge is 0.335 e. The first-order valence-electron chi connectivity index (χ1n) is 7.73. The second kappa shape index (κ2) is 6.88. The third-order valence-corrected chi connectivity index (χ3v) is 4.86. The highest BCUT2D eigenvalue weighted by Crippen LogP contribution is 2.50. The Labute approximate surface area is 141 Å². The molecule has 0 saturated carbocycles. The van der Waals surface area contributed by atoms with Gasteiger partial charge >= 0.3 is 0 Å². The van der Waals surface area contributed by atoms with Crippen LogP contribution in [0.15, 0.2) is 71.8 Å². The van der Waals surface area contributed by atoms with Gasteiger partial charge in [-0.05, 0) is 25.0 Å². The SMILES string of the molecule is CCN1C(c2ccccc2)=C(c2ccccc2)S/C1=C\C(C)=O. The third-order valence-electron chi connectivity index (χ3n) is 3.68. The third kappa shape index (κ3) is 3.25. The number of allylic oxidation sites excluding steroid dienone is 1. The first kappa shape index (κ1) is 15.6. The van der Waals surface area contributed by atoms with Gasteiger partial charge in [0, 0.05) is 17.5 Å². The summed E-state index contributed by atoms with van der Waals surface area (Å²) in [6, 6.07) is 20.7. The summed E-state index contributed by atoms with van der Waals surface area (Å²) in [6.07, 6.45) is 1.73. The van der Waals surface area contributed by atoms with Gasteiger partial charge in [0.2, 0.25) is 0 Å². The fourth-order valence-electron chi connectivity index (χ4n) is 2.70. The number of hydrogen-bond acceptors (Lipinski definition) is 3. The second-order valence-electron chi connectivity index (χ2n) is 5.35. The molecule has 1 aliphatic heterocycles. The van der Waals surface area contributed by atoms with Gasteiger partial charge in [0.25, 0.3) is 0 Å². The summed E-state index contributed by atoms with van der Waals surface area (Å²) in [6.45, 7) is 4.54. The van der Waals surface area contributed by atoms with E-state index in [1.807, 2.05) is 12.1 Å². The average Bonchev–Trinajstić information content (AvgIpc) is 2.94. The first-order chi connectivity index (χ1) is 11.2. The Morgan fingerprint density at radius 2 is 1.57 bits per heavy atom. The van der Waals surface area contributed by atoms with Crippen molar-refractivity contribution in [3.8, 4) is 0 Å². The molecule has 0 N–H and O–H groups in total. The number of carbonyl (C=O) groups excluding carboxylic acids is 1. The molecule has 2 aromatic rings. The summed E-state index contributed by atoms with van der Waals surface area (Å²) < 4.78 is 0. The van der Waals surface area contributed by atoms with Crippen LogP contribution in [0.2, 0.25) is 0 Å². The van der Waals surface area contributed by atoms with E-state index in [2.05, 4.69) is 60.4 Å². The lowest BCUT2D eigenvalue weighted by Gasteiger charge is -2.21. The van der Waals surface area contributed by atoms with Crippen molar-refractivity contribution in [2.75, 3.05) is 6.54 Å². The molecule has 2 nitrogen and oxygen atoms in total. The van der Waals surface area contributed by atoms with E-state index in [1.54, 1.807) is 24.8 Å². The minimum atomic E-state index is 0.0765. The minimum Gasteiger partial charge on any atom is -0.335 e. The van der Waals surface area contributed by atoms with E-state index in [0.717, 1.165) is 11.6 Å². The van der Waals surface area contributed by atoms with Gasteiger partial charge in [-0.3, -0.25) is 4.79 Å². The van der Waals surface area contributed by atoms with Crippen LogP contribution in [0.5, 0.6) is 0 Å². The van der Waals surface area contributed by atoms with E-state index in [-0.39, 0.29) is 5.78 Å². The molecule has 0 fully saturated rings.